The third-order valence-corrected chi connectivity index (χ3v) is 5.64. The van der Waals surface area contributed by atoms with Crippen molar-refractivity contribution in [3.8, 4) is 17.1 Å². The summed E-state index contributed by atoms with van der Waals surface area (Å²) >= 11 is 0. The van der Waals surface area contributed by atoms with E-state index in [4.69, 9.17) is 14.2 Å². The number of aromatic amines is 1. The van der Waals surface area contributed by atoms with Crippen LogP contribution in [-0.2, 0) is 0 Å². The first kappa shape index (κ1) is 21.8. The molecule has 1 fully saturated rings. The molecule has 176 valence electrons. The Bertz CT molecular complexity index is 1270. The molecule has 5 rings (SSSR count). The molecule has 34 heavy (non-hydrogen) atoms. The van der Waals surface area contributed by atoms with Crippen molar-refractivity contribution in [3.05, 3.63) is 53.7 Å². The second kappa shape index (κ2) is 9.48. The van der Waals surface area contributed by atoms with Crippen LogP contribution in [0.25, 0.3) is 11.3 Å². The van der Waals surface area contributed by atoms with Gasteiger partial charge in [-0.2, -0.15) is 15.1 Å². The number of rotatable bonds is 8. The largest absolute Gasteiger partial charge is 0.475 e. The molecule has 0 saturated carbocycles. The number of aliphatic hydroxyl groups is 1. The van der Waals surface area contributed by atoms with Crippen LogP contribution >= 0.6 is 0 Å². The van der Waals surface area contributed by atoms with E-state index in [1.54, 1.807) is 12.3 Å². The molecule has 0 unspecified atom stereocenters. The van der Waals surface area contributed by atoms with Crippen molar-refractivity contribution in [2.24, 2.45) is 0 Å². The molecule has 0 aliphatic carbocycles. The van der Waals surface area contributed by atoms with E-state index in [0.29, 0.717) is 23.5 Å². The van der Waals surface area contributed by atoms with Gasteiger partial charge in [-0.05, 0) is 38.8 Å². The van der Waals surface area contributed by atoms with Crippen LogP contribution < -0.4 is 15.0 Å². The van der Waals surface area contributed by atoms with Crippen molar-refractivity contribution in [1.29, 1.82) is 0 Å². The molecule has 1 aliphatic heterocycles. The zero-order valence-corrected chi connectivity index (χ0v) is 19.0. The fourth-order valence-corrected chi connectivity index (χ4v) is 4.07. The van der Waals surface area contributed by atoms with Crippen LogP contribution in [0, 0.1) is 13.8 Å². The topological polar surface area (TPSA) is 138 Å². The molecule has 4 aromatic heterocycles. The number of nitrogens with one attached hydrogen (secondary N) is 2. The number of aryl methyl sites for hydroxylation is 2. The van der Waals surface area contributed by atoms with Crippen LogP contribution in [0.3, 0.4) is 0 Å². The number of aromatic nitrogens is 6. The lowest BCUT2D eigenvalue weighted by Gasteiger charge is -2.23. The smallest absolute Gasteiger partial charge is 0.231 e. The first-order valence-electron chi connectivity index (χ1n) is 11.2. The molecule has 0 bridgehead atoms. The van der Waals surface area contributed by atoms with Crippen LogP contribution in [0.15, 0.2) is 41.1 Å². The Morgan fingerprint density at radius 2 is 2.15 bits per heavy atom. The van der Waals surface area contributed by atoms with Crippen molar-refractivity contribution in [2.75, 3.05) is 30.0 Å². The van der Waals surface area contributed by atoms with Crippen molar-refractivity contribution in [1.82, 2.24) is 30.3 Å². The molecular formula is C23H26N8O3. The van der Waals surface area contributed by atoms with E-state index in [-0.39, 0.29) is 19.3 Å². The van der Waals surface area contributed by atoms with Crippen LogP contribution in [0.2, 0.25) is 0 Å². The van der Waals surface area contributed by atoms with Gasteiger partial charge in [-0.25, -0.2) is 0 Å². The third kappa shape index (κ3) is 4.55. The number of nitrogens with zero attached hydrogens (tertiary/aromatic N) is 6. The van der Waals surface area contributed by atoms with Crippen molar-refractivity contribution in [3.63, 3.8) is 0 Å². The third-order valence-electron chi connectivity index (χ3n) is 5.64. The maximum absolute atomic E-state index is 9.19. The summed E-state index contributed by atoms with van der Waals surface area (Å²) in [5.74, 6) is 2.80. The lowest BCUT2D eigenvalue weighted by molar-refractivity contribution is 0.196. The second-order valence-electron chi connectivity index (χ2n) is 8.13. The first-order chi connectivity index (χ1) is 16.6. The van der Waals surface area contributed by atoms with Crippen LogP contribution in [0.4, 0.5) is 17.6 Å². The van der Waals surface area contributed by atoms with Gasteiger partial charge in [-0.1, -0.05) is 5.16 Å². The molecule has 0 spiro atoms. The molecule has 1 aliphatic rings. The Morgan fingerprint density at radius 3 is 2.94 bits per heavy atom. The lowest BCUT2D eigenvalue weighted by Crippen LogP contribution is -2.25. The van der Waals surface area contributed by atoms with Gasteiger partial charge in [0, 0.05) is 47.9 Å². The van der Waals surface area contributed by atoms with Gasteiger partial charge in [0.15, 0.2) is 11.6 Å². The molecule has 0 amide bonds. The highest BCUT2D eigenvalue weighted by Crippen LogP contribution is 2.37. The van der Waals surface area contributed by atoms with Gasteiger partial charge >= 0.3 is 0 Å². The zero-order chi connectivity index (χ0) is 23.5. The Kier molecular flexibility index (Phi) is 6.09. The standard InChI is InChI=1S/C23H26N8O3/c1-14-11-21(29-28-14)25-20-13-22(33-10-9-32)27-23(26-20)31-8-4-6-18(31)19-12-17(30-34-19)16-5-3-7-24-15(16)2/h3,5,7,11-13,18,32H,4,6,8-10H2,1-2H3,(H2,25,26,27,28,29)/t18-/m0/s1. The monoisotopic (exact) mass is 462 g/mol. The Labute approximate surface area is 196 Å². The molecule has 5 heterocycles. The van der Waals surface area contributed by atoms with Crippen LogP contribution in [-0.4, -0.2) is 55.2 Å². The summed E-state index contributed by atoms with van der Waals surface area (Å²) in [6, 6.07) is 9.34. The number of ether oxygens (including phenoxy) is 1. The van der Waals surface area contributed by atoms with Gasteiger partial charge in [-0.15, -0.1) is 0 Å². The van der Waals surface area contributed by atoms with E-state index in [1.165, 1.54) is 0 Å². The zero-order valence-electron chi connectivity index (χ0n) is 19.0. The lowest BCUT2D eigenvalue weighted by atomic mass is 10.1. The van der Waals surface area contributed by atoms with Gasteiger partial charge in [0.05, 0.1) is 12.6 Å². The molecule has 11 nitrogen and oxygen atoms in total. The predicted octanol–water partition coefficient (Wildman–Crippen LogP) is 3.32. The molecule has 3 N–H and O–H groups in total. The summed E-state index contributed by atoms with van der Waals surface area (Å²) in [6.45, 7) is 4.66. The SMILES string of the molecule is Cc1cc(Nc2cc(OCCO)nc(N3CCC[C@H]3c3cc(-c4cccnc4C)no3)n2)n[nH]1. The van der Waals surface area contributed by atoms with Crippen molar-refractivity contribution >= 4 is 17.6 Å². The van der Waals surface area contributed by atoms with Crippen LogP contribution in [0.1, 0.15) is 36.0 Å². The van der Waals surface area contributed by atoms with E-state index in [0.717, 1.165) is 47.8 Å². The number of pyridine rings is 1. The van der Waals surface area contributed by atoms with E-state index in [2.05, 4.69) is 35.5 Å². The van der Waals surface area contributed by atoms with Gasteiger partial charge in [0.2, 0.25) is 11.8 Å². The summed E-state index contributed by atoms with van der Waals surface area (Å²) in [4.78, 5) is 15.8. The van der Waals surface area contributed by atoms with Gasteiger partial charge in [0.1, 0.15) is 18.1 Å². The Balaban J connectivity index is 1.44. The predicted molar refractivity (Wildman–Crippen MR) is 125 cm³/mol. The van der Waals surface area contributed by atoms with Gasteiger partial charge < -0.3 is 24.6 Å². The molecular weight excluding hydrogens is 436 g/mol. The molecule has 1 atom stereocenters. The van der Waals surface area contributed by atoms with E-state index >= 15 is 0 Å². The highest BCUT2D eigenvalue weighted by Gasteiger charge is 2.32. The minimum atomic E-state index is -0.110. The summed E-state index contributed by atoms with van der Waals surface area (Å²) in [6.07, 6.45) is 3.60. The molecule has 4 aromatic rings. The maximum atomic E-state index is 9.19. The summed E-state index contributed by atoms with van der Waals surface area (Å²) in [5, 5.41) is 23.8. The van der Waals surface area contributed by atoms with E-state index in [1.807, 2.05) is 38.1 Å². The maximum Gasteiger partial charge on any atom is 0.231 e. The fourth-order valence-electron chi connectivity index (χ4n) is 4.07. The quantitative estimate of drug-likeness (QED) is 0.357. The summed E-state index contributed by atoms with van der Waals surface area (Å²) in [5.41, 5.74) is 3.52. The minimum absolute atomic E-state index is 0.0632. The molecule has 1 saturated heterocycles. The molecule has 11 heteroatoms. The van der Waals surface area contributed by atoms with Gasteiger partial charge in [-0.3, -0.25) is 10.1 Å². The number of aliphatic hydroxyl groups excluding tert-OH is 1. The summed E-state index contributed by atoms with van der Waals surface area (Å²) < 4.78 is 11.4. The Morgan fingerprint density at radius 1 is 1.24 bits per heavy atom. The fraction of sp³-hybridized carbons (Fsp3) is 0.348. The van der Waals surface area contributed by atoms with E-state index in [9.17, 15) is 5.11 Å². The Hall–Kier alpha value is -3.99. The van der Waals surface area contributed by atoms with Crippen molar-refractivity contribution < 1.29 is 14.4 Å². The number of anilines is 3. The highest BCUT2D eigenvalue weighted by atomic mass is 16.5. The highest BCUT2D eigenvalue weighted by molar-refractivity contribution is 5.62. The normalized spacial score (nSPS) is 15.6. The average molecular weight is 463 g/mol. The minimum Gasteiger partial charge on any atom is -0.475 e. The van der Waals surface area contributed by atoms with Crippen LogP contribution in [0.5, 0.6) is 5.88 Å². The van der Waals surface area contributed by atoms with Crippen molar-refractivity contribution in [2.45, 2.75) is 32.7 Å². The molecule has 0 aromatic carbocycles. The number of hydrogen-bond acceptors (Lipinski definition) is 10. The summed E-state index contributed by atoms with van der Waals surface area (Å²) in [7, 11) is 0. The number of H-pyrrole nitrogens is 1. The molecule has 0 radical (unpaired) electrons. The second-order valence-corrected chi connectivity index (χ2v) is 8.13. The van der Waals surface area contributed by atoms with E-state index < -0.39 is 0 Å². The first-order valence-corrected chi connectivity index (χ1v) is 11.2. The van der Waals surface area contributed by atoms with Gasteiger partial charge in [0.25, 0.3) is 0 Å². The average Bonchev–Trinajstić information content (AvgIpc) is 3.59. The number of hydrogen-bond donors (Lipinski definition) is 3.